The maximum absolute atomic E-state index is 14.1. The highest BCUT2D eigenvalue weighted by molar-refractivity contribution is 6.32. The zero-order valence-electron chi connectivity index (χ0n) is 15.4. The fraction of sp³-hybridized carbons (Fsp3) is 0.0588. The van der Waals surface area contributed by atoms with E-state index in [-0.39, 0.29) is 10.7 Å². The lowest BCUT2D eigenvalue weighted by Crippen LogP contribution is -2.25. The summed E-state index contributed by atoms with van der Waals surface area (Å²) in [5.74, 6) is -14.3. The van der Waals surface area contributed by atoms with Gasteiger partial charge in [0.2, 0.25) is 11.6 Å². The van der Waals surface area contributed by atoms with E-state index in [4.69, 9.17) is 0 Å². The minimum Gasteiger partial charge on any atom is -0.502 e. The zero-order valence-corrected chi connectivity index (χ0v) is 15.4. The molecule has 1 aliphatic rings. The average molecular weight is 458 g/mol. The van der Waals surface area contributed by atoms with Crippen LogP contribution in [-0.4, -0.2) is 26.6 Å². The van der Waals surface area contributed by atoms with Crippen LogP contribution in [0.1, 0.15) is 12.5 Å². The standard InChI is InChI=1S/C17H7F5N4O6/c1-5-8(3-6-2-7(25(29)30)4-9(16(6)27)26(31)32)17(28)24(23-5)15-13(21)11(19)10(18)12(20)14(15)22/h2-4,27H,1H3/b8-3+. The van der Waals surface area contributed by atoms with Crippen molar-refractivity contribution >= 4 is 34.8 Å². The van der Waals surface area contributed by atoms with Crippen molar-refractivity contribution < 1.29 is 41.7 Å². The van der Waals surface area contributed by atoms with E-state index in [0.717, 1.165) is 6.92 Å². The smallest absolute Gasteiger partial charge is 0.318 e. The Morgan fingerprint density at radius 2 is 1.50 bits per heavy atom. The number of hydrogen-bond donors (Lipinski definition) is 1. The molecule has 0 aliphatic carbocycles. The number of rotatable bonds is 4. The second-order valence-corrected chi connectivity index (χ2v) is 6.20. The molecule has 0 aromatic heterocycles. The number of amides is 1. The van der Waals surface area contributed by atoms with Crippen molar-refractivity contribution in [1.82, 2.24) is 0 Å². The maximum Gasteiger partial charge on any atom is 0.318 e. The van der Waals surface area contributed by atoms with Crippen LogP contribution in [0.5, 0.6) is 5.75 Å². The molecule has 0 saturated heterocycles. The number of phenols is 1. The van der Waals surface area contributed by atoms with Crippen LogP contribution in [0.3, 0.4) is 0 Å². The van der Waals surface area contributed by atoms with E-state index in [9.17, 15) is 52.1 Å². The molecule has 2 aromatic carbocycles. The molecule has 0 saturated carbocycles. The number of nitro groups is 2. The van der Waals surface area contributed by atoms with E-state index >= 15 is 0 Å². The predicted molar refractivity (Wildman–Crippen MR) is 96.2 cm³/mol. The number of phenolic OH excluding ortho intramolecular Hbond substituents is 1. The number of hydrogen-bond acceptors (Lipinski definition) is 7. The van der Waals surface area contributed by atoms with Crippen molar-refractivity contribution in [2.75, 3.05) is 5.01 Å². The quantitative estimate of drug-likeness (QED) is 0.185. The number of nitrogens with zero attached hydrogens (tertiary/aromatic N) is 4. The van der Waals surface area contributed by atoms with Crippen LogP contribution in [-0.2, 0) is 4.79 Å². The van der Waals surface area contributed by atoms with Crippen LogP contribution in [0.4, 0.5) is 39.0 Å². The molecule has 32 heavy (non-hydrogen) atoms. The van der Waals surface area contributed by atoms with Gasteiger partial charge in [0.1, 0.15) is 5.69 Å². The summed E-state index contributed by atoms with van der Waals surface area (Å²) >= 11 is 0. The Morgan fingerprint density at radius 3 is 2.00 bits per heavy atom. The van der Waals surface area contributed by atoms with Crippen molar-refractivity contribution in [2.24, 2.45) is 5.10 Å². The molecule has 3 rings (SSSR count). The molecule has 1 N–H and O–H groups in total. The van der Waals surface area contributed by atoms with Gasteiger partial charge >= 0.3 is 5.69 Å². The zero-order chi connectivity index (χ0) is 24.1. The number of non-ortho nitro benzene ring substituents is 1. The lowest BCUT2D eigenvalue weighted by atomic mass is 10.0. The number of carbonyl (C=O) groups is 1. The highest BCUT2D eigenvalue weighted by Gasteiger charge is 2.37. The molecule has 2 aromatic rings. The Balaban J connectivity index is 2.18. The summed E-state index contributed by atoms with van der Waals surface area (Å²) in [6, 6.07) is 1.12. The van der Waals surface area contributed by atoms with Crippen molar-refractivity contribution in [3.8, 4) is 5.75 Å². The van der Waals surface area contributed by atoms with Crippen molar-refractivity contribution in [2.45, 2.75) is 6.92 Å². The second kappa shape index (κ2) is 7.68. The van der Waals surface area contributed by atoms with E-state index in [2.05, 4.69) is 5.10 Å². The first-order chi connectivity index (χ1) is 14.9. The third-order valence-corrected chi connectivity index (χ3v) is 4.27. The Hall–Kier alpha value is -4.43. The van der Waals surface area contributed by atoms with Gasteiger partial charge in [-0.15, -0.1) is 0 Å². The van der Waals surface area contributed by atoms with Crippen LogP contribution in [0.15, 0.2) is 22.8 Å². The summed E-state index contributed by atoms with van der Waals surface area (Å²) in [4.78, 5) is 32.5. The van der Waals surface area contributed by atoms with E-state index in [1.54, 1.807) is 0 Å². The normalized spacial score (nSPS) is 14.8. The van der Waals surface area contributed by atoms with Crippen LogP contribution < -0.4 is 5.01 Å². The number of anilines is 1. The van der Waals surface area contributed by atoms with Crippen LogP contribution >= 0.6 is 0 Å². The SMILES string of the molecule is CC1=NN(c2c(F)c(F)c(F)c(F)c2F)C(=O)/C1=C/c1cc([N+](=O)[O-])cc([N+](=O)[O-])c1O. The van der Waals surface area contributed by atoms with Gasteiger partial charge in [-0.25, -0.2) is 22.0 Å². The highest BCUT2D eigenvalue weighted by atomic mass is 19.2. The van der Waals surface area contributed by atoms with Gasteiger partial charge in [0.25, 0.3) is 11.6 Å². The molecule has 0 unspecified atom stereocenters. The second-order valence-electron chi connectivity index (χ2n) is 6.20. The Labute approximate surface area is 172 Å². The first-order valence-corrected chi connectivity index (χ1v) is 8.15. The average Bonchev–Trinajstić information content (AvgIpc) is 3.00. The van der Waals surface area contributed by atoms with Gasteiger partial charge in [-0.2, -0.15) is 10.1 Å². The number of hydrazone groups is 1. The molecule has 10 nitrogen and oxygen atoms in total. The summed E-state index contributed by atoms with van der Waals surface area (Å²) in [6.07, 6.45) is 0.683. The van der Waals surface area contributed by atoms with Crippen LogP contribution in [0.2, 0.25) is 0 Å². The Morgan fingerprint density at radius 1 is 0.969 bits per heavy atom. The monoisotopic (exact) mass is 458 g/mol. The van der Waals surface area contributed by atoms with Gasteiger partial charge in [0, 0.05) is 11.6 Å². The molecule has 0 bridgehead atoms. The van der Waals surface area contributed by atoms with E-state index in [1.165, 1.54) is 0 Å². The number of halogens is 5. The number of benzene rings is 2. The maximum atomic E-state index is 14.1. The molecule has 0 atom stereocenters. The summed E-state index contributed by atoms with van der Waals surface area (Å²) in [5, 5.41) is 35.4. The molecule has 0 spiro atoms. The molecule has 1 aliphatic heterocycles. The van der Waals surface area contributed by atoms with Gasteiger partial charge in [0.05, 0.1) is 27.2 Å². The van der Waals surface area contributed by atoms with Crippen LogP contribution in [0.25, 0.3) is 6.08 Å². The third-order valence-electron chi connectivity index (χ3n) is 4.27. The molecule has 1 amide bonds. The van der Waals surface area contributed by atoms with E-state index in [0.29, 0.717) is 18.2 Å². The van der Waals surface area contributed by atoms with Gasteiger partial charge < -0.3 is 5.11 Å². The molecule has 15 heteroatoms. The summed E-state index contributed by atoms with van der Waals surface area (Å²) < 4.78 is 68.4. The first-order valence-electron chi connectivity index (χ1n) is 8.15. The topological polar surface area (TPSA) is 139 Å². The molecule has 1 heterocycles. The summed E-state index contributed by atoms with van der Waals surface area (Å²) in [5.41, 5.74) is -5.15. The van der Waals surface area contributed by atoms with E-state index < -0.39 is 78.8 Å². The minimum absolute atomic E-state index is 0.125. The van der Waals surface area contributed by atoms with E-state index in [1.807, 2.05) is 0 Å². The van der Waals surface area contributed by atoms with Gasteiger partial charge in [-0.05, 0) is 13.0 Å². The number of aromatic hydroxyl groups is 1. The predicted octanol–water partition coefficient (Wildman–Crippen LogP) is 3.71. The first kappa shape index (κ1) is 22.3. The fourth-order valence-electron chi connectivity index (χ4n) is 2.75. The highest BCUT2D eigenvalue weighted by Crippen LogP contribution is 2.38. The lowest BCUT2D eigenvalue weighted by Gasteiger charge is -2.15. The molecule has 0 radical (unpaired) electrons. The molecular weight excluding hydrogens is 451 g/mol. The number of carbonyl (C=O) groups excluding carboxylic acids is 1. The summed E-state index contributed by atoms with van der Waals surface area (Å²) in [7, 11) is 0. The van der Waals surface area contributed by atoms with Crippen molar-refractivity contribution in [3.05, 3.63) is 72.6 Å². The van der Waals surface area contributed by atoms with Gasteiger partial charge in [-0.1, -0.05) is 0 Å². The minimum atomic E-state index is -2.46. The van der Waals surface area contributed by atoms with Crippen molar-refractivity contribution in [3.63, 3.8) is 0 Å². The van der Waals surface area contributed by atoms with Gasteiger partial charge in [0.15, 0.2) is 23.3 Å². The molecule has 0 fully saturated rings. The molecule has 166 valence electrons. The van der Waals surface area contributed by atoms with Crippen molar-refractivity contribution in [1.29, 1.82) is 0 Å². The Kier molecular flexibility index (Phi) is 5.34. The number of nitro benzene ring substituents is 2. The van der Waals surface area contributed by atoms with Crippen LogP contribution in [0, 0.1) is 49.3 Å². The largest absolute Gasteiger partial charge is 0.502 e. The lowest BCUT2D eigenvalue weighted by molar-refractivity contribution is -0.394. The Bertz CT molecular complexity index is 1260. The van der Waals surface area contributed by atoms with Gasteiger partial charge in [-0.3, -0.25) is 25.0 Å². The summed E-state index contributed by atoms with van der Waals surface area (Å²) in [6.45, 7) is 1.08. The molecular formula is C17H7F5N4O6. The third kappa shape index (κ3) is 3.38. The fourth-order valence-corrected chi connectivity index (χ4v) is 2.75.